The first kappa shape index (κ1) is 13.4. The average Bonchev–Trinajstić information content (AvgIpc) is 2.39. The molecule has 0 fully saturated rings. The van der Waals surface area contributed by atoms with Crippen LogP contribution in [0, 0.1) is 0 Å². The van der Waals surface area contributed by atoms with Crippen LogP contribution in [0.3, 0.4) is 0 Å². The van der Waals surface area contributed by atoms with Gasteiger partial charge in [0.05, 0.1) is 12.1 Å². The topological polar surface area (TPSA) is 67.4 Å². The molecule has 2 atom stereocenters. The predicted octanol–water partition coefficient (Wildman–Crippen LogP) is 1.69. The third-order valence-electron chi connectivity index (χ3n) is 3.10. The fourth-order valence-corrected chi connectivity index (χ4v) is 1.83. The largest absolute Gasteiger partial charge is 0.478 e. The van der Waals surface area contributed by atoms with E-state index in [4.69, 9.17) is 4.74 Å². The molecule has 0 aromatic heterocycles. The summed E-state index contributed by atoms with van der Waals surface area (Å²) in [6.07, 6.45) is 0.121. The number of hydrogen-bond donors (Lipinski definition) is 2. The molecule has 102 valence electrons. The van der Waals surface area contributed by atoms with E-state index in [9.17, 15) is 9.59 Å². The number of benzene rings is 1. The van der Waals surface area contributed by atoms with Crippen LogP contribution in [0.15, 0.2) is 24.3 Å². The summed E-state index contributed by atoms with van der Waals surface area (Å²) in [5.41, 5.74) is 0.645. The molecule has 0 bridgehead atoms. The summed E-state index contributed by atoms with van der Waals surface area (Å²) >= 11 is 0. The van der Waals surface area contributed by atoms with Gasteiger partial charge in [-0.25, -0.2) is 0 Å². The quantitative estimate of drug-likeness (QED) is 0.867. The van der Waals surface area contributed by atoms with E-state index in [1.54, 1.807) is 12.1 Å². The van der Waals surface area contributed by atoms with E-state index in [0.717, 1.165) is 6.42 Å². The molecule has 0 spiro atoms. The lowest BCUT2D eigenvalue weighted by molar-refractivity contribution is -0.130. The van der Waals surface area contributed by atoms with Crippen molar-refractivity contribution in [2.24, 2.45) is 0 Å². The molecule has 1 aliphatic heterocycles. The van der Waals surface area contributed by atoms with Gasteiger partial charge in [-0.1, -0.05) is 19.1 Å². The van der Waals surface area contributed by atoms with Crippen molar-refractivity contribution in [3.05, 3.63) is 24.3 Å². The number of anilines is 1. The van der Waals surface area contributed by atoms with Gasteiger partial charge in [-0.15, -0.1) is 0 Å². The second-order valence-electron chi connectivity index (χ2n) is 4.67. The monoisotopic (exact) mass is 262 g/mol. The molecule has 2 amide bonds. The molecule has 0 saturated heterocycles. The number of nitrogens with one attached hydrogen (secondary N) is 2. The number of rotatable bonds is 4. The van der Waals surface area contributed by atoms with Gasteiger partial charge in [-0.3, -0.25) is 9.59 Å². The van der Waals surface area contributed by atoms with Crippen LogP contribution in [-0.4, -0.2) is 24.0 Å². The molecule has 1 heterocycles. The van der Waals surface area contributed by atoms with Crippen molar-refractivity contribution >= 4 is 17.5 Å². The molecule has 0 unspecified atom stereocenters. The number of carbonyl (C=O) groups excluding carboxylic acids is 2. The first-order valence-electron chi connectivity index (χ1n) is 6.46. The lowest BCUT2D eigenvalue weighted by Crippen LogP contribution is -2.42. The predicted molar refractivity (Wildman–Crippen MR) is 72.0 cm³/mol. The Labute approximate surface area is 112 Å². The molecule has 1 aliphatic rings. The normalized spacial score (nSPS) is 18.8. The van der Waals surface area contributed by atoms with Crippen LogP contribution < -0.4 is 15.4 Å². The van der Waals surface area contributed by atoms with E-state index in [2.05, 4.69) is 10.6 Å². The molecule has 5 nitrogen and oxygen atoms in total. The molecule has 0 aliphatic carbocycles. The summed E-state index contributed by atoms with van der Waals surface area (Å²) in [4.78, 5) is 23.6. The molecule has 1 aromatic carbocycles. The van der Waals surface area contributed by atoms with Crippen molar-refractivity contribution in [3.8, 4) is 5.75 Å². The maximum Gasteiger partial charge on any atom is 0.266 e. The Morgan fingerprint density at radius 1 is 1.47 bits per heavy atom. The maximum atomic E-state index is 11.8. The van der Waals surface area contributed by atoms with Crippen LogP contribution >= 0.6 is 0 Å². The Morgan fingerprint density at radius 2 is 2.21 bits per heavy atom. The van der Waals surface area contributed by atoms with Crippen molar-refractivity contribution in [2.45, 2.75) is 38.8 Å². The van der Waals surface area contributed by atoms with Crippen molar-refractivity contribution in [1.29, 1.82) is 0 Å². The van der Waals surface area contributed by atoms with E-state index in [0.29, 0.717) is 11.4 Å². The van der Waals surface area contributed by atoms with Gasteiger partial charge in [0.2, 0.25) is 5.91 Å². The zero-order valence-corrected chi connectivity index (χ0v) is 11.1. The minimum Gasteiger partial charge on any atom is -0.478 e. The van der Waals surface area contributed by atoms with Gasteiger partial charge < -0.3 is 15.4 Å². The van der Waals surface area contributed by atoms with Gasteiger partial charge in [-0.2, -0.15) is 0 Å². The molecule has 5 heteroatoms. The summed E-state index contributed by atoms with van der Waals surface area (Å²) in [6, 6.07) is 7.29. The summed E-state index contributed by atoms with van der Waals surface area (Å²) < 4.78 is 5.56. The zero-order valence-electron chi connectivity index (χ0n) is 11.1. The van der Waals surface area contributed by atoms with E-state index < -0.39 is 6.10 Å². The van der Waals surface area contributed by atoms with Gasteiger partial charge in [0.15, 0.2) is 6.10 Å². The molecule has 2 N–H and O–H groups in total. The summed E-state index contributed by atoms with van der Waals surface area (Å²) in [5, 5.41) is 5.56. The first-order chi connectivity index (χ1) is 9.10. The minimum atomic E-state index is -0.765. The highest BCUT2D eigenvalue weighted by Gasteiger charge is 2.29. The number of para-hydroxylation sites is 2. The van der Waals surface area contributed by atoms with Crippen molar-refractivity contribution in [1.82, 2.24) is 5.32 Å². The third-order valence-corrected chi connectivity index (χ3v) is 3.10. The number of carbonyl (C=O) groups is 2. The summed E-state index contributed by atoms with van der Waals surface area (Å²) in [5.74, 6) is 0.148. The molecular formula is C14H18N2O3. The lowest BCUT2D eigenvalue weighted by atomic mass is 10.1. The Balaban J connectivity index is 1.99. The molecular weight excluding hydrogens is 244 g/mol. The fraction of sp³-hybridized carbons (Fsp3) is 0.429. The molecule has 0 radical (unpaired) electrons. The zero-order chi connectivity index (χ0) is 13.8. The van der Waals surface area contributed by atoms with Gasteiger partial charge in [-0.05, 0) is 25.5 Å². The minimum absolute atomic E-state index is 0.0322. The Hall–Kier alpha value is -2.04. The smallest absolute Gasteiger partial charge is 0.266 e. The van der Waals surface area contributed by atoms with Crippen LogP contribution in [0.5, 0.6) is 5.75 Å². The third kappa shape index (κ3) is 3.24. The number of amides is 2. The molecule has 19 heavy (non-hydrogen) atoms. The van der Waals surface area contributed by atoms with Crippen molar-refractivity contribution in [2.75, 3.05) is 5.32 Å². The van der Waals surface area contributed by atoms with E-state index in [1.807, 2.05) is 26.0 Å². The van der Waals surface area contributed by atoms with Crippen molar-refractivity contribution in [3.63, 3.8) is 0 Å². The van der Waals surface area contributed by atoms with Crippen LogP contribution in [0.25, 0.3) is 0 Å². The van der Waals surface area contributed by atoms with Crippen LogP contribution in [0.2, 0.25) is 0 Å². The number of hydrogen-bond acceptors (Lipinski definition) is 3. The van der Waals surface area contributed by atoms with Crippen LogP contribution in [0.4, 0.5) is 5.69 Å². The molecule has 0 saturated carbocycles. The fourth-order valence-electron chi connectivity index (χ4n) is 1.83. The van der Waals surface area contributed by atoms with Gasteiger partial charge in [0.1, 0.15) is 5.75 Å². The van der Waals surface area contributed by atoms with E-state index in [-0.39, 0.29) is 24.3 Å². The highest BCUT2D eigenvalue weighted by Crippen LogP contribution is 2.29. The second kappa shape index (κ2) is 5.73. The maximum absolute atomic E-state index is 11.8. The lowest BCUT2D eigenvalue weighted by Gasteiger charge is -2.25. The van der Waals surface area contributed by atoms with E-state index >= 15 is 0 Å². The highest BCUT2D eigenvalue weighted by molar-refractivity contribution is 5.99. The average molecular weight is 262 g/mol. The summed E-state index contributed by atoms with van der Waals surface area (Å²) in [7, 11) is 0. The Bertz CT molecular complexity index is 487. The first-order valence-corrected chi connectivity index (χ1v) is 6.46. The summed E-state index contributed by atoms with van der Waals surface area (Å²) in [6.45, 7) is 3.92. The van der Waals surface area contributed by atoms with Gasteiger partial charge >= 0.3 is 0 Å². The number of ether oxygens (including phenoxy) is 1. The Morgan fingerprint density at radius 3 is 2.95 bits per heavy atom. The standard InChI is InChI=1S/C14H18N2O3/c1-3-9(2)15-13(17)8-12-14(18)16-10-6-4-5-7-11(10)19-12/h4-7,9,12H,3,8H2,1-2H3,(H,15,17)(H,16,18)/t9-,12-/m1/s1. The van der Waals surface area contributed by atoms with Crippen molar-refractivity contribution < 1.29 is 14.3 Å². The second-order valence-corrected chi connectivity index (χ2v) is 4.67. The molecule has 1 aromatic rings. The molecule has 2 rings (SSSR count). The van der Waals surface area contributed by atoms with E-state index in [1.165, 1.54) is 0 Å². The van der Waals surface area contributed by atoms with Gasteiger partial charge in [0, 0.05) is 6.04 Å². The highest BCUT2D eigenvalue weighted by atomic mass is 16.5. The SMILES string of the molecule is CC[C@@H](C)NC(=O)C[C@H]1Oc2ccccc2NC1=O. The number of fused-ring (bicyclic) bond motifs is 1. The van der Waals surface area contributed by atoms with Crippen LogP contribution in [0.1, 0.15) is 26.7 Å². The van der Waals surface area contributed by atoms with Crippen LogP contribution in [-0.2, 0) is 9.59 Å². The van der Waals surface area contributed by atoms with Gasteiger partial charge in [0.25, 0.3) is 5.91 Å². The Kier molecular flexibility index (Phi) is 4.04.